The molecule has 1 aromatic heterocycles. The van der Waals surface area contributed by atoms with Gasteiger partial charge in [0.05, 0.1) is 22.7 Å². The molecule has 5 nitrogen and oxygen atoms in total. The second-order valence-corrected chi connectivity index (χ2v) is 7.28. The molecule has 1 atom stereocenters. The first-order chi connectivity index (χ1) is 12.1. The number of carbonyl (C=O) groups excluding carboxylic acids is 1. The van der Waals surface area contributed by atoms with Crippen molar-refractivity contribution in [3.63, 3.8) is 0 Å². The fourth-order valence-electron chi connectivity index (χ4n) is 3.13. The van der Waals surface area contributed by atoms with E-state index in [1.54, 1.807) is 35.6 Å². The van der Waals surface area contributed by atoms with Gasteiger partial charge in [0.25, 0.3) is 0 Å². The van der Waals surface area contributed by atoms with E-state index >= 15 is 0 Å². The van der Waals surface area contributed by atoms with Crippen LogP contribution in [0.1, 0.15) is 52.3 Å². The molecule has 0 radical (unpaired) electrons. The van der Waals surface area contributed by atoms with Crippen LogP contribution in [0.4, 0.5) is 0 Å². The van der Waals surface area contributed by atoms with Crippen molar-refractivity contribution in [3.8, 4) is 0 Å². The highest BCUT2D eigenvalue weighted by molar-refractivity contribution is 7.09. The molecule has 132 valence electrons. The van der Waals surface area contributed by atoms with Gasteiger partial charge in [0, 0.05) is 24.4 Å². The van der Waals surface area contributed by atoms with E-state index in [0.29, 0.717) is 12.3 Å². The summed E-state index contributed by atoms with van der Waals surface area (Å²) in [5.41, 5.74) is 2.21. The van der Waals surface area contributed by atoms with Crippen LogP contribution < -0.4 is 0 Å². The van der Waals surface area contributed by atoms with Gasteiger partial charge in [-0.15, -0.1) is 11.3 Å². The van der Waals surface area contributed by atoms with Crippen LogP contribution in [0.2, 0.25) is 0 Å². The number of hydrogen-bond donors (Lipinski definition) is 1. The minimum absolute atomic E-state index is 0.0973. The maximum absolute atomic E-state index is 12.6. The number of aryl methyl sites for hydroxylation is 1. The zero-order valence-electron chi connectivity index (χ0n) is 14.3. The molecule has 3 rings (SSSR count). The molecule has 1 amide bonds. The van der Waals surface area contributed by atoms with E-state index in [1.807, 2.05) is 4.90 Å². The van der Waals surface area contributed by atoms with Gasteiger partial charge in [0.15, 0.2) is 0 Å². The Morgan fingerprint density at radius 3 is 2.72 bits per heavy atom. The van der Waals surface area contributed by atoms with Crippen molar-refractivity contribution < 1.29 is 14.7 Å². The van der Waals surface area contributed by atoms with E-state index in [4.69, 9.17) is 5.11 Å². The lowest BCUT2D eigenvalue weighted by Crippen LogP contribution is -2.39. The van der Waals surface area contributed by atoms with E-state index in [1.165, 1.54) is 0 Å². The average molecular weight is 358 g/mol. The highest BCUT2D eigenvalue weighted by atomic mass is 32.1. The van der Waals surface area contributed by atoms with E-state index in [-0.39, 0.29) is 11.5 Å². The summed E-state index contributed by atoms with van der Waals surface area (Å²) in [5.74, 6) is -0.524. The standard InChI is InChI=1S/C19H22N2O3S/c1-2-16-12-25-18(20-16)15-4-3-9-21(11-15)17(22)10-13-5-7-14(8-6-13)19(23)24/h5-8,12,15H,2-4,9-11H2,1H3,(H,23,24). The number of nitrogens with zero attached hydrogens (tertiary/aromatic N) is 2. The van der Waals surface area contributed by atoms with Crippen LogP contribution >= 0.6 is 11.3 Å². The van der Waals surface area contributed by atoms with Crippen molar-refractivity contribution in [2.45, 2.75) is 38.5 Å². The first-order valence-corrected chi connectivity index (χ1v) is 9.49. The molecule has 1 aliphatic heterocycles. The Hall–Kier alpha value is -2.21. The molecule has 0 bridgehead atoms. The van der Waals surface area contributed by atoms with Gasteiger partial charge in [-0.05, 0) is 37.0 Å². The summed E-state index contributed by atoms with van der Waals surface area (Å²) in [6, 6.07) is 6.53. The van der Waals surface area contributed by atoms with Crippen LogP contribution in [0.25, 0.3) is 0 Å². The van der Waals surface area contributed by atoms with Gasteiger partial charge in [-0.25, -0.2) is 9.78 Å². The topological polar surface area (TPSA) is 70.5 Å². The SMILES string of the molecule is CCc1csc(C2CCCN(C(=O)Cc3ccc(C(=O)O)cc3)C2)n1. The number of piperidine rings is 1. The number of aromatic carboxylic acids is 1. The third-order valence-electron chi connectivity index (χ3n) is 4.61. The number of carbonyl (C=O) groups is 2. The number of rotatable bonds is 5. The third kappa shape index (κ3) is 4.25. The van der Waals surface area contributed by atoms with Crippen LogP contribution in [0.5, 0.6) is 0 Å². The molecule has 25 heavy (non-hydrogen) atoms. The summed E-state index contributed by atoms with van der Waals surface area (Å²) < 4.78 is 0. The highest BCUT2D eigenvalue weighted by Gasteiger charge is 2.26. The van der Waals surface area contributed by atoms with Crippen molar-refractivity contribution in [2.75, 3.05) is 13.1 Å². The molecular formula is C19H22N2O3S. The average Bonchev–Trinajstić information content (AvgIpc) is 3.11. The van der Waals surface area contributed by atoms with Gasteiger partial charge in [0.1, 0.15) is 0 Å². The Morgan fingerprint density at radius 1 is 1.32 bits per heavy atom. The maximum atomic E-state index is 12.6. The zero-order chi connectivity index (χ0) is 17.8. The van der Waals surface area contributed by atoms with E-state index in [9.17, 15) is 9.59 Å². The summed E-state index contributed by atoms with van der Waals surface area (Å²) in [6.45, 7) is 3.61. The van der Waals surface area contributed by atoms with E-state index in [0.717, 1.165) is 48.6 Å². The Bertz CT molecular complexity index is 754. The minimum Gasteiger partial charge on any atom is -0.478 e. The lowest BCUT2D eigenvalue weighted by Gasteiger charge is -2.32. The molecule has 2 heterocycles. The Balaban J connectivity index is 1.62. The molecule has 1 unspecified atom stereocenters. The number of carboxylic acids is 1. The molecule has 1 N–H and O–H groups in total. The number of carboxylic acid groups (broad SMARTS) is 1. The van der Waals surface area contributed by atoms with Crippen LogP contribution in [0, 0.1) is 0 Å². The maximum Gasteiger partial charge on any atom is 0.335 e. The molecule has 0 aliphatic carbocycles. The van der Waals surface area contributed by atoms with Gasteiger partial charge in [0.2, 0.25) is 5.91 Å². The monoisotopic (exact) mass is 358 g/mol. The first-order valence-electron chi connectivity index (χ1n) is 8.61. The Labute approximate surface area is 151 Å². The number of thiazole rings is 1. The smallest absolute Gasteiger partial charge is 0.335 e. The highest BCUT2D eigenvalue weighted by Crippen LogP contribution is 2.29. The minimum atomic E-state index is -0.952. The quantitative estimate of drug-likeness (QED) is 0.890. The predicted molar refractivity (Wildman–Crippen MR) is 97.2 cm³/mol. The second kappa shape index (κ2) is 7.78. The van der Waals surface area contributed by atoms with Crippen molar-refractivity contribution in [1.82, 2.24) is 9.88 Å². The molecule has 1 aromatic carbocycles. The molecule has 6 heteroatoms. The molecule has 1 saturated heterocycles. The molecular weight excluding hydrogens is 336 g/mol. The number of aromatic nitrogens is 1. The third-order valence-corrected chi connectivity index (χ3v) is 5.67. The van der Waals surface area contributed by atoms with E-state index in [2.05, 4.69) is 17.3 Å². The molecule has 1 aliphatic rings. The summed E-state index contributed by atoms with van der Waals surface area (Å²) in [5, 5.41) is 12.2. The number of hydrogen-bond acceptors (Lipinski definition) is 4. The van der Waals surface area contributed by atoms with Crippen molar-refractivity contribution in [3.05, 3.63) is 51.5 Å². The normalized spacial score (nSPS) is 17.5. The zero-order valence-corrected chi connectivity index (χ0v) is 15.1. The van der Waals surface area contributed by atoms with Gasteiger partial charge in [-0.1, -0.05) is 19.1 Å². The lowest BCUT2D eigenvalue weighted by molar-refractivity contribution is -0.131. The lowest BCUT2D eigenvalue weighted by atomic mass is 9.98. The number of benzene rings is 1. The predicted octanol–water partition coefficient (Wildman–Crippen LogP) is 3.35. The van der Waals surface area contributed by atoms with Crippen molar-refractivity contribution in [2.24, 2.45) is 0 Å². The summed E-state index contributed by atoms with van der Waals surface area (Å²) in [6.07, 6.45) is 3.33. The fourth-order valence-corrected chi connectivity index (χ4v) is 4.16. The van der Waals surface area contributed by atoms with Crippen molar-refractivity contribution in [1.29, 1.82) is 0 Å². The number of amides is 1. The van der Waals surface area contributed by atoms with E-state index < -0.39 is 5.97 Å². The van der Waals surface area contributed by atoms with Crippen LogP contribution in [-0.4, -0.2) is 40.0 Å². The first kappa shape index (κ1) is 17.6. The fraction of sp³-hybridized carbons (Fsp3) is 0.421. The second-order valence-electron chi connectivity index (χ2n) is 6.39. The molecule has 2 aromatic rings. The summed E-state index contributed by atoms with van der Waals surface area (Å²) in [4.78, 5) is 30.1. The van der Waals surface area contributed by atoms with Crippen molar-refractivity contribution >= 4 is 23.2 Å². The Kier molecular flexibility index (Phi) is 5.48. The largest absolute Gasteiger partial charge is 0.478 e. The van der Waals surface area contributed by atoms with Gasteiger partial charge < -0.3 is 10.0 Å². The molecule has 1 fully saturated rings. The summed E-state index contributed by atoms with van der Waals surface area (Å²) in [7, 11) is 0. The van der Waals surface area contributed by atoms with Gasteiger partial charge >= 0.3 is 5.97 Å². The summed E-state index contributed by atoms with van der Waals surface area (Å²) >= 11 is 1.70. The van der Waals surface area contributed by atoms with Crippen LogP contribution in [0.3, 0.4) is 0 Å². The Morgan fingerprint density at radius 2 is 2.08 bits per heavy atom. The molecule has 0 saturated carbocycles. The van der Waals surface area contributed by atoms with Gasteiger partial charge in [-0.3, -0.25) is 4.79 Å². The van der Waals surface area contributed by atoms with Crippen LogP contribution in [0.15, 0.2) is 29.6 Å². The molecule has 0 spiro atoms. The van der Waals surface area contributed by atoms with Gasteiger partial charge in [-0.2, -0.15) is 0 Å². The van der Waals surface area contributed by atoms with Crippen LogP contribution in [-0.2, 0) is 17.6 Å². The number of likely N-dealkylation sites (tertiary alicyclic amines) is 1.